The van der Waals surface area contributed by atoms with Crippen LogP contribution >= 0.6 is 11.3 Å². The van der Waals surface area contributed by atoms with Crippen molar-refractivity contribution in [2.45, 2.75) is 19.9 Å². The van der Waals surface area contributed by atoms with Gasteiger partial charge in [-0.3, -0.25) is 9.79 Å². The highest BCUT2D eigenvalue weighted by atomic mass is 32.1. The molecule has 0 saturated carbocycles. The van der Waals surface area contributed by atoms with Gasteiger partial charge in [-0.1, -0.05) is 12.1 Å². The van der Waals surface area contributed by atoms with E-state index in [9.17, 15) is 4.79 Å². The van der Waals surface area contributed by atoms with Crippen LogP contribution in [0.5, 0.6) is 0 Å². The second-order valence-electron chi connectivity index (χ2n) is 5.87. The molecule has 0 aliphatic carbocycles. The van der Waals surface area contributed by atoms with E-state index in [1.165, 1.54) is 4.88 Å². The van der Waals surface area contributed by atoms with E-state index in [2.05, 4.69) is 20.6 Å². The molecule has 0 aliphatic heterocycles. The molecule has 0 aliphatic rings. The number of carbonyl (C=O) groups is 1. The number of nitrogens with zero attached hydrogens (tertiary/aromatic N) is 3. The minimum Gasteiger partial charge on any atom is -0.356 e. The third-order valence-electron chi connectivity index (χ3n) is 3.59. The number of thiazole rings is 1. The average Bonchev–Trinajstić information content (AvgIpc) is 3.02. The lowest BCUT2D eigenvalue weighted by Crippen LogP contribution is -2.37. The molecule has 25 heavy (non-hydrogen) atoms. The Labute approximate surface area is 153 Å². The summed E-state index contributed by atoms with van der Waals surface area (Å²) >= 11 is 1.68. The number of nitrogens with one attached hydrogen (secondary N) is 2. The second kappa shape index (κ2) is 9.17. The van der Waals surface area contributed by atoms with Crippen LogP contribution in [0.15, 0.2) is 35.5 Å². The molecule has 1 amide bonds. The Morgan fingerprint density at radius 3 is 2.76 bits per heavy atom. The van der Waals surface area contributed by atoms with Crippen LogP contribution < -0.4 is 10.6 Å². The summed E-state index contributed by atoms with van der Waals surface area (Å²) < 4.78 is 0. The van der Waals surface area contributed by atoms with E-state index in [1.54, 1.807) is 37.4 Å². The topological polar surface area (TPSA) is 69.6 Å². The van der Waals surface area contributed by atoms with E-state index in [0.29, 0.717) is 12.1 Å². The van der Waals surface area contributed by atoms with Gasteiger partial charge in [0.2, 0.25) is 0 Å². The van der Waals surface area contributed by atoms with Crippen molar-refractivity contribution in [3.63, 3.8) is 0 Å². The van der Waals surface area contributed by atoms with E-state index in [4.69, 9.17) is 0 Å². The Balaban J connectivity index is 1.82. The number of amides is 1. The molecule has 1 aromatic carbocycles. The van der Waals surface area contributed by atoms with E-state index in [0.717, 1.165) is 29.5 Å². The lowest BCUT2D eigenvalue weighted by molar-refractivity contribution is 0.0827. The zero-order valence-electron chi connectivity index (χ0n) is 15.2. The second-order valence-corrected chi connectivity index (χ2v) is 7.19. The Bertz CT molecular complexity index is 739. The maximum Gasteiger partial charge on any atom is 0.253 e. The van der Waals surface area contributed by atoms with Gasteiger partial charge < -0.3 is 15.5 Å². The molecule has 1 aromatic heterocycles. The molecule has 0 fully saturated rings. The maximum atomic E-state index is 12.0. The van der Waals surface area contributed by atoms with Crippen LogP contribution in [-0.2, 0) is 13.0 Å². The van der Waals surface area contributed by atoms with Crippen LogP contribution in [0.25, 0.3) is 0 Å². The van der Waals surface area contributed by atoms with Crippen molar-refractivity contribution in [1.82, 2.24) is 20.5 Å². The molecule has 2 aromatic rings. The summed E-state index contributed by atoms with van der Waals surface area (Å²) in [6.45, 7) is 3.44. The molecular formula is C18H25N5OS. The lowest BCUT2D eigenvalue weighted by Gasteiger charge is -2.12. The van der Waals surface area contributed by atoms with Crippen molar-refractivity contribution in [3.8, 4) is 0 Å². The number of aryl methyl sites for hydroxylation is 1. The summed E-state index contributed by atoms with van der Waals surface area (Å²) in [5, 5.41) is 7.58. The number of aliphatic imine (C=N–C) groups is 1. The average molecular weight is 359 g/mol. The van der Waals surface area contributed by atoms with Crippen LogP contribution in [0.4, 0.5) is 0 Å². The molecule has 1 heterocycles. The predicted molar refractivity (Wildman–Crippen MR) is 103 cm³/mol. The van der Waals surface area contributed by atoms with Crippen molar-refractivity contribution < 1.29 is 4.79 Å². The van der Waals surface area contributed by atoms with Crippen LogP contribution in [-0.4, -0.2) is 49.4 Å². The number of rotatable bonds is 6. The van der Waals surface area contributed by atoms with Crippen LogP contribution in [0.3, 0.4) is 0 Å². The first kappa shape index (κ1) is 18.9. The number of hydrogen-bond donors (Lipinski definition) is 2. The predicted octanol–water partition coefficient (Wildman–Crippen LogP) is 2.06. The molecule has 7 heteroatoms. The summed E-state index contributed by atoms with van der Waals surface area (Å²) in [5.41, 5.74) is 1.83. The first-order chi connectivity index (χ1) is 12.0. The minimum atomic E-state index is 0.0195. The first-order valence-electron chi connectivity index (χ1n) is 8.16. The van der Waals surface area contributed by atoms with E-state index >= 15 is 0 Å². The zero-order valence-corrected chi connectivity index (χ0v) is 16.0. The summed E-state index contributed by atoms with van der Waals surface area (Å²) in [4.78, 5) is 23.4. The van der Waals surface area contributed by atoms with Gasteiger partial charge in [0.05, 0.1) is 6.54 Å². The molecule has 0 spiro atoms. The van der Waals surface area contributed by atoms with E-state index in [-0.39, 0.29) is 5.91 Å². The van der Waals surface area contributed by atoms with Crippen molar-refractivity contribution in [1.29, 1.82) is 0 Å². The number of hydrogen-bond acceptors (Lipinski definition) is 4. The van der Waals surface area contributed by atoms with Gasteiger partial charge in [0.15, 0.2) is 5.96 Å². The molecule has 2 N–H and O–H groups in total. The largest absolute Gasteiger partial charge is 0.356 e. The van der Waals surface area contributed by atoms with Crippen LogP contribution in [0, 0.1) is 6.92 Å². The van der Waals surface area contributed by atoms with E-state index < -0.39 is 0 Å². The van der Waals surface area contributed by atoms with Gasteiger partial charge in [0, 0.05) is 44.3 Å². The van der Waals surface area contributed by atoms with Crippen molar-refractivity contribution in [2.75, 3.05) is 27.7 Å². The molecular weight excluding hydrogens is 334 g/mol. The molecule has 0 unspecified atom stereocenters. The zero-order chi connectivity index (χ0) is 18.2. The normalized spacial score (nSPS) is 11.3. The number of benzene rings is 1. The van der Waals surface area contributed by atoms with Gasteiger partial charge in [-0.15, -0.1) is 11.3 Å². The number of aromatic nitrogens is 1. The smallest absolute Gasteiger partial charge is 0.253 e. The van der Waals surface area contributed by atoms with Crippen LogP contribution in [0.1, 0.15) is 25.8 Å². The van der Waals surface area contributed by atoms with Gasteiger partial charge in [0.1, 0.15) is 5.01 Å². The van der Waals surface area contributed by atoms with Gasteiger partial charge >= 0.3 is 0 Å². The monoisotopic (exact) mass is 359 g/mol. The standard InChI is InChI=1S/C18H25N5OS/c1-13-11-21-16(25-13)12-22-18(19-2)20-9-8-14-6-5-7-15(10-14)17(24)23(3)4/h5-7,10-11H,8-9,12H2,1-4H3,(H2,19,20,22). The van der Waals surface area contributed by atoms with E-state index in [1.807, 2.05) is 37.4 Å². The number of guanidine groups is 1. The lowest BCUT2D eigenvalue weighted by atomic mass is 10.1. The molecule has 0 bridgehead atoms. The first-order valence-corrected chi connectivity index (χ1v) is 8.97. The Kier molecular flexibility index (Phi) is 6.94. The maximum absolute atomic E-state index is 12.0. The molecule has 134 valence electrons. The fourth-order valence-electron chi connectivity index (χ4n) is 2.31. The highest BCUT2D eigenvalue weighted by molar-refractivity contribution is 7.11. The Morgan fingerprint density at radius 1 is 1.32 bits per heavy atom. The highest BCUT2D eigenvalue weighted by Gasteiger charge is 2.08. The minimum absolute atomic E-state index is 0.0195. The summed E-state index contributed by atoms with van der Waals surface area (Å²) in [7, 11) is 5.27. The third-order valence-corrected chi connectivity index (χ3v) is 4.50. The fourth-order valence-corrected chi connectivity index (χ4v) is 3.03. The van der Waals surface area contributed by atoms with Gasteiger partial charge in [0.25, 0.3) is 5.91 Å². The number of carbonyl (C=O) groups excluding carboxylic acids is 1. The Morgan fingerprint density at radius 2 is 2.12 bits per heavy atom. The molecule has 0 saturated heterocycles. The summed E-state index contributed by atoms with van der Waals surface area (Å²) in [6, 6.07) is 7.74. The Hall–Kier alpha value is -2.41. The third kappa shape index (κ3) is 5.86. The molecule has 2 rings (SSSR count). The molecule has 0 radical (unpaired) electrons. The fraction of sp³-hybridized carbons (Fsp3) is 0.389. The summed E-state index contributed by atoms with van der Waals surface area (Å²) in [5.74, 6) is 0.763. The highest BCUT2D eigenvalue weighted by Crippen LogP contribution is 2.10. The summed E-state index contributed by atoms with van der Waals surface area (Å²) in [6.07, 6.45) is 2.69. The van der Waals surface area contributed by atoms with Crippen molar-refractivity contribution in [3.05, 3.63) is 51.5 Å². The van der Waals surface area contributed by atoms with Gasteiger partial charge in [-0.25, -0.2) is 4.98 Å². The van der Waals surface area contributed by atoms with Gasteiger partial charge in [-0.05, 0) is 31.0 Å². The molecule has 6 nitrogen and oxygen atoms in total. The van der Waals surface area contributed by atoms with Gasteiger partial charge in [-0.2, -0.15) is 0 Å². The SMILES string of the molecule is CN=C(NCCc1cccc(C(=O)N(C)C)c1)NCc1ncc(C)s1. The molecule has 0 atom stereocenters. The van der Waals surface area contributed by atoms with Crippen LogP contribution in [0.2, 0.25) is 0 Å². The van der Waals surface area contributed by atoms with Crippen molar-refractivity contribution >= 4 is 23.2 Å². The van der Waals surface area contributed by atoms with Crippen molar-refractivity contribution in [2.24, 2.45) is 4.99 Å². The quantitative estimate of drug-likeness (QED) is 0.612.